The molecule has 3 N–H and O–H groups in total. The summed E-state index contributed by atoms with van der Waals surface area (Å²) in [6.45, 7) is 4.49. The van der Waals surface area contributed by atoms with Crippen molar-refractivity contribution in [2.75, 3.05) is 5.73 Å². The maximum Gasteiger partial charge on any atom is 0.148 e. The highest BCUT2D eigenvalue weighted by Crippen LogP contribution is 2.49. The van der Waals surface area contributed by atoms with E-state index in [9.17, 15) is 0 Å². The minimum absolute atomic E-state index is 0.642. The molecule has 3 unspecified atom stereocenters. The Hall–Kier alpha value is -0.990. The average molecular weight is 247 g/mol. The van der Waals surface area contributed by atoms with Crippen molar-refractivity contribution in [1.29, 1.82) is 0 Å². The molecule has 0 saturated heterocycles. The number of aromatic amines is 1. The third kappa shape index (κ3) is 2.15. The lowest BCUT2D eigenvalue weighted by molar-refractivity contribution is 0.328. The number of rotatable bonds is 4. The van der Waals surface area contributed by atoms with Crippen LogP contribution in [0.4, 0.5) is 5.82 Å². The zero-order chi connectivity index (χ0) is 12.7. The van der Waals surface area contributed by atoms with Gasteiger partial charge in [0.05, 0.1) is 0 Å². The number of nitrogens with two attached hydrogens (primary N) is 1. The van der Waals surface area contributed by atoms with Gasteiger partial charge >= 0.3 is 0 Å². The predicted octanol–water partition coefficient (Wildman–Crippen LogP) is 3.17. The SMILES string of the molecule is CC(C)Cc1c(N)n[nH]c1CC1CC2CCC1C2. The fraction of sp³-hybridized carbons (Fsp3) is 0.800. The van der Waals surface area contributed by atoms with Gasteiger partial charge in [-0.15, -0.1) is 0 Å². The van der Waals surface area contributed by atoms with Crippen LogP contribution in [0.2, 0.25) is 0 Å². The number of hydrogen-bond acceptors (Lipinski definition) is 2. The van der Waals surface area contributed by atoms with Crippen LogP contribution in [0.3, 0.4) is 0 Å². The zero-order valence-electron chi connectivity index (χ0n) is 11.6. The third-order valence-electron chi connectivity index (χ3n) is 4.95. The van der Waals surface area contributed by atoms with Crippen LogP contribution < -0.4 is 5.73 Å². The standard InChI is InChI=1S/C15H25N3/c1-9(2)5-13-14(17-18-15(13)16)8-12-7-10-3-4-11(12)6-10/h9-12H,3-8H2,1-2H3,(H3,16,17,18). The lowest BCUT2D eigenvalue weighted by Crippen LogP contribution is -2.14. The molecular formula is C15H25N3. The van der Waals surface area contributed by atoms with Gasteiger partial charge in [0.1, 0.15) is 5.82 Å². The van der Waals surface area contributed by atoms with Gasteiger partial charge in [0.15, 0.2) is 0 Å². The third-order valence-corrected chi connectivity index (χ3v) is 4.95. The van der Waals surface area contributed by atoms with Gasteiger partial charge in [-0.3, -0.25) is 5.10 Å². The number of nitrogen functional groups attached to an aromatic ring is 1. The molecule has 0 radical (unpaired) electrons. The minimum atomic E-state index is 0.642. The molecule has 0 aliphatic heterocycles. The fourth-order valence-corrected chi connectivity index (χ4v) is 4.11. The molecule has 2 aliphatic rings. The van der Waals surface area contributed by atoms with E-state index < -0.39 is 0 Å². The monoisotopic (exact) mass is 247 g/mol. The molecule has 0 amide bonds. The predicted molar refractivity (Wildman–Crippen MR) is 74.2 cm³/mol. The highest BCUT2D eigenvalue weighted by atomic mass is 15.2. The van der Waals surface area contributed by atoms with Gasteiger partial charge in [-0.2, -0.15) is 5.10 Å². The van der Waals surface area contributed by atoms with Crippen LogP contribution in [0.5, 0.6) is 0 Å². The summed E-state index contributed by atoms with van der Waals surface area (Å²) in [7, 11) is 0. The van der Waals surface area contributed by atoms with E-state index in [2.05, 4.69) is 24.0 Å². The van der Waals surface area contributed by atoms with Crippen molar-refractivity contribution in [3.8, 4) is 0 Å². The molecule has 1 heterocycles. The van der Waals surface area contributed by atoms with Crippen LogP contribution >= 0.6 is 0 Å². The number of aromatic nitrogens is 2. The van der Waals surface area contributed by atoms with E-state index in [1.807, 2.05) is 0 Å². The summed E-state index contributed by atoms with van der Waals surface area (Å²) >= 11 is 0. The number of nitrogens with zero attached hydrogens (tertiary/aromatic N) is 1. The largest absolute Gasteiger partial charge is 0.382 e. The Morgan fingerprint density at radius 1 is 1.33 bits per heavy atom. The highest BCUT2D eigenvalue weighted by molar-refractivity contribution is 5.42. The Kier molecular flexibility index (Phi) is 3.08. The van der Waals surface area contributed by atoms with Crippen LogP contribution in [0, 0.1) is 23.7 Å². The van der Waals surface area contributed by atoms with Gasteiger partial charge < -0.3 is 5.73 Å². The van der Waals surface area contributed by atoms with Crippen LogP contribution in [0.25, 0.3) is 0 Å². The average Bonchev–Trinajstić information content (AvgIpc) is 2.99. The van der Waals surface area contributed by atoms with Crippen molar-refractivity contribution >= 4 is 5.82 Å². The maximum absolute atomic E-state index is 6.00. The minimum Gasteiger partial charge on any atom is -0.382 e. The summed E-state index contributed by atoms with van der Waals surface area (Å²) in [6.07, 6.45) is 8.08. The van der Waals surface area contributed by atoms with Crippen LogP contribution in [-0.2, 0) is 12.8 Å². The van der Waals surface area contributed by atoms with Gasteiger partial charge in [0.25, 0.3) is 0 Å². The lowest BCUT2D eigenvalue weighted by Gasteiger charge is -2.21. The summed E-state index contributed by atoms with van der Waals surface area (Å²) < 4.78 is 0. The molecule has 3 heteroatoms. The Bertz CT molecular complexity index is 421. The van der Waals surface area contributed by atoms with E-state index >= 15 is 0 Å². The topological polar surface area (TPSA) is 54.7 Å². The molecule has 2 saturated carbocycles. The van der Waals surface area contributed by atoms with Crippen molar-refractivity contribution in [2.45, 2.75) is 52.4 Å². The van der Waals surface area contributed by atoms with Crippen LogP contribution in [0.15, 0.2) is 0 Å². The molecular weight excluding hydrogens is 222 g/mol. The van der Waals surface area contributed by atoms with E-state index in [4.69, 9.17) is 5.73 Å². The van der Waals surface area contributed by atoms with Crippen molar-refractivity contribution in [1.82, 2.24) is 10.2 Å². The van der Waals surface area contributed by atoms with Crippen molar-refractivity contribution in [3.63, 3.8) is 0 Å². The normalized spacial score (nSPS) is 30.5. The Balaban J connectivity index is 1.72. The van der Waals surface area contributed by atoms with Gasteiger partial charge in [-0.05, 0) is 55.8 Å². The summed E-state index contributed by atoms with van der Waals surface area (Å²) in [4.78, 5) is 0. The van der Waals surface area contributed by atoms with E-state index in [0.29, 0.717) is 5.92 Å². The van der Waals surface area contributed by atoms with Gasteiger partial charge in [0, 0.05) is 11.3 Å². The number of nitrogens with one attached hydrogen (secondary N) is 1. The van der Waals surface area contributed by atoms with Crippen molar-refractivity contribution in [2.24, 2.45) is 23.7 Å². The second-order valence-electron chi connectivity index (χ2n) is 6.80. The smallest absolute Gasteiger partial charge is 0.148 e. The molecule has 0 aromatic carbocycles. The fourth-order valence-electron chi connectivity index (χ4n) is 4.11. The zero-order valence-corrected chi connectivity index (χ0v) is 11.6. The molecule has 2 aliphatic carbocycles. The molecule has 2 fully saturated rings. The quantitative estimate of drug-likeness (QED) is 0.858. The summed E-state index contributed by atoms with van der Waals surface area (Å²) in [5.41, 5.74) is 8.60. The first-order valence-corrected chi connectivity index (χ1v) is 7.45. The van der Waals surface area contributed by atoms with E-state index in [1.54, 1.807) is 0 Å². The van der Waals surface area contributed by atoms with Crippen molar-refractivity contribution < 1.29 is 0 Å². The highest BCUT2D eigenvalue weighted by Gasteiger charge is 2.39. The Morgan fingerprint density at radius 2 is 2.17 bits per heavy atom. The number of fused-ring (bicyclic) bond motifs is 2. The van der Waals surface area contributed by atoms with E-state index in [-0.39, 0.29) is 0 Å². The summed E-state index contributed by atoms with van der Waals surface area (Å²) in [5, 5.41) is 7.42. The second-order valence-corrected chi connectivity index (χ2v) is 6.80. The molecule has 3 atom stereocenters. The Morgan fingerprint density at radius 3 is 2.78 bits per heavy atom. The number of H-pyrrole nitrogens is 1. The first-order valence-electron chi connectivity index (χ1n) is 7.45. The molecule has 3 rings (SSSR count). The summed E-state index contributed by atoms with van der Waals surface area (Å²) in [5.74, 6) is 4.25. The molecule has 0 spiro atoms. The second kappa shape index (κ2) is 4.60. The first-order chi connectivity index (χ1) is 8.63. The van der Waals surface area contributed by atoms with Gasteiger partial charge in [0.2, 0.25) is 0 Å². The van der Waals surface area contributed by atoms with Crippen molar-refractivity contribution in [3.05, 3.63) is 11.3 Å². The van der Waals surface area contributed by atoms with Crippen LogP contribution in [0.1, 0.15) is 50.8 Å². The van der Waals surface area contributed by atoms with E-state index in [0.717, 1.165) is 30.0 Å². The molecule has 1 aromatic rings. The summed E-state index contributed by atoms with van der Waals surface area (Å²) in [6, 6.07) is 0. The Labute approximate surface area is 110 Å². The molecule has 1 aromatic heterocycles. The maximum atomic E-state index is 6.00. The molecule has 100 valence electrons. The van der Waals surface area contributed by atoms with E-state index in [1.165, 1.54) is 43.4 Å². The lowest BCUT2D eigenvalue weighted by atomic mass is 9.84. The van der Waals surface area contributed by atoms with Gasteiger partial charge in [-0.1, -0.05) is 20.3 Å². The molecule has 2 bridgehead atoms. The first kappa shape index (κ1) is 12.1. The number of anilines is 1. The molecule has 3 nitrogen and oxygen atoms in total. The number of hydrogen-bond donors (Lipinski definition) is 2. The van der Waals surface area contributed by atoms with Gasteiger partial charge in [-0.25, -0.2) is 0 Å². The molecule has 18 heavy (non-hydrogen) atoms. The van der Waals surface area contributed by atoms with Crippen LogP contribution in [-0.4, -0.2) is 10.2 Å².